The molecule has 0 saturated carbocycles. The molecule has 128 valence electrons. The van der Waals surface area contributed by atoms with Gasteiger partial charge in [-0.3, -0.25) is 14.1 Å². The van der Waals surface area contributed by atoms with Gasteiger partial charge >= 0.3 is 5.97 Å². The second-order valence-electron chi connectivity index (χ2n) is 4.64. The van der Waals surface area contributed by atoms with Crippen LogP contribution in [0.25, 0.3) is 0 Å². The topological polar surface area (TPSA) is 170 Å². The number of phenols is 1. The Labute approximate surface area is 136 Å². The van der Waals surface area contributed by atoms with Gasteiger partial charge in [0.2, 0.25) is 5.91 Å². The molecule has 0 radical (unpaired) electrons. The van der Waals surface area contributed by atoms with Gasteiger partial charge in [0.15, 0.2) is 0 Å². The molecule has 0 aliphatic carbocycles. The number of rotatable bonds is 6. The predicted octanol–water partition coefficient (Wildman–Crippen LogP) is -0.248. The molecule has 0 spiro atoms. The smallest absolute Gasteiger partial charge is 0.323 e. The van der Waals surface area contributed by atoms with Gasteiger partial charge in [-0.2, -0.15) is 8.42 Å². The molecule has 23 heavy (non-hydrogen) atoms. The minimum atomic E-state index is -4.80. The van der Waals surface area contributed by atoms with Crippen LogP contribution in [0.4, 0.5) is 0 Å². The third-order valence-electron chi connectivity index (χ3n) is 3.07. The Morgan fingerprint density at radius 2 is 1.96 bits per heavy atom. The van der Waals surface area contributed by atoms with Crippen molar-refractivity contribution in [2.24, 2.45) is 11.5 Å². The van der Waals surface area contributed by atoms with Crippen molar-refractivity contribution in [3.63, 3.8) is 0 Å². The van der Waals surface area contributed by atoms with E-state index in [1.54, 1.807) is 0 Å². The van der Waals surface area contributed by atoms with Crippen molar-refractivity contribution in [3.05, 3.63) is 22.7 Å². The summed E-state index contributed by atoms with van der Waals surface area (Å²) in [4.78, 5) is 21.9. The summed E-state index contributed by atoms with van der Waals surface area (Å²) >= 11 is 5.77. The number of carbonyl (C=O) groups is 2. The lowest BCUT2D eigenvalue weighted by Crippen LogP contribution is -2.39. The first-order valence-electron chi connectivity index (χ1n) is 6.10. The van der Waals surface area contributed by atoms with E-state index in [0.717, 1.165) is 19.2 Å². The van der Waals surface area contributed by atoms with E-state index in [2.05, 4.69) is 4.74 Å². The molecule has 0 aliphatic heterocycles. The second kappa shape index (κ2) is 7.13. The van der Waals surface area contributed by atoms with Crippen molar-refractivity contribution >= 4 is 33.6 Å². The molecular formula is C12H15ClN2O7S. The first-order chi connectivity index (χ1) is 10.5. The average molecular weight is 367 g/mol. The fraction of sp³-hybridized carbons (Fsp3) is 0.333. The van der Waals surface area contributed by atoms with E-state index < -0.39 is 51.0 Å². The van der Waals surface area contributed by atoms with Crippen molar-refractivity contribution < 1.29 is 32.4 Å². The number of amides is 1. The van der Waals surface area contributed by atoms with E-state index in [4.69, 9.17) is 27.6 Å². The summed E-state index contributed by atoms with van der Waals surface area (Å²) in [6, 6.07) is 0.494. The number of primary amides is 1. The number of benzene rings is 1. The standard InChI is InChI=1S/C12H15ClN2O7S/c1-22-12(18)10(15)6(4-9(14)16)7-2-5(13)3-8(11(7)17)23(19,20)21/h2-3,6,10,17H,4,15H2,1H3,(H2,14,16)(H,19,20,21)/t6?,10-/m0/s1. The van der Waals surface area contributed by atoms with E-state index in [9.17, 15) is 23.1 Å². The molecule has 0 aliphatic rings. The lowest BCUT2D eigenvalue weighted by atomic mass is 9.88. The molecule has 1 rings (SSSR count). The van der Waals surface area contributed by atoms with Crippen LogP contribution in [0.1, 0.15) is 17.9 Å². The molecule has 0 heterocycles. The molecule has 1 amide bonds. The van der Waals surface area contributed by atoms with Gasteiger partial charge in [0.05, 0.1) is 7.11 Å². The molecule has 0 bridgehead atoms. The monoisotopic (exact) mass is 366 g/mol. The van der Waals surface area contributed by atoms with Gasteiger partial charge in [-0.05, 0) is 12.1 Å². The van der Waals surface area contributed by atoms with Crippen LogP contribution in [0.2, 0.25) is 5.02 Å². The molecule has 1 aromatic carbocycles. The molecule has 11 heteroatoms. The van der Waals surface area contributed by atoms with Crippen LogP contribution in [0.3, 0.4) is 0 Å². The number of halogens is 1. The van der Waals surface area contributed by atoms with Crippen LogP contribution < -0.4 is 11.5 Å². The lowest BCUT2D eigenvalue weighted by molar-refractivity contribution is -0.142. The highest BCUT2D eigenvalue weighted by molar-refractivity contribution is 7.86. The van der Waals surface area contributed by atoms with Gasteiger partial charge < -0.3 is 21.3 Å². The van der Waals surface area contributed by atoms with Crippen molar-refractivity contribution in [1.82, 2.24) is 0 Å². The number of methoxy groups -OCH3 is 1. The first-order valence-corrected chi connectivity index (χ1v) is 7.92. The Kier molecular flexibility index (Phi) is 5.94. The summed E-state index contributed by atoms with van der Waals surface area (Å²) in [5.74, 6) is -3.87. The second-order valence-corrected chi connectivity index (χ2v) is 6.47. The van der Waals surface area contributed by atoms with Gasteiger partial charge in [0, 0.05) is 22.9 Å². The van der Waals surface area contributed by atoms with Crippen LogP contribution >= 0.6 is 11.6 Å². The largest absolute Gasteiger partial charge is 0.506 e. The number of nitrogens with two attached hydrogens (primary N) is 2. The van der Waals surface area contributed by atoms with Crippen LogP contribution in [0.15, 0.2) is 17.0 Å². The number of ether oxygens (including phenoxy) is 1. The minimum absolute atomic E-state index is 0.169. The van der Waals surface area contributed by atoms with E-state index in [-0.39, 0.29) is 10.6 Å². The molecule has 9 nitrogen and oxygen atoms in total. The quantitative estimate of drug-likeness (QED) is 0.394. The van der Waals surface area contributed by atoms with E-state index >= 15 is 0 Å². The summed E-state index contributed by atoms with van der Waals surface area (Å²) < 4.78 is 36.2. The molecule has 0 saturated heterocycles. The highest BCUT2D eigenvalue weighted by Crippen LogP contribution is 2.37. The number of phenolic OH excluding ortho intramolecular Hbond substituents is 1. The van der Waals surface area contributed by atoms with Crippen LogP contribution in [0, 0.1) is 0 Å². The molecule has 1 unspecified atom stereocenters. The number of hydrogen-bond acceptors (Lipinski definition) is 7. The number of hydrogen-bond donors (Lipinski definition) is 4. The van der Waals surface area contributed by atoms with Crippen LogP contribution in [-0.2, 0) is 24.4 Å². The summed E-state index contributed by atoms with van der Waals surface area (Å²) in [6.07, 6.45) is -0.491. The minimum Gasteiger partial charge on any atom is -0.506 e. The zero-order valence-corrected chi connectivity index (χ0v) is 13.5. The van der Waals surface area contributed by atoms with Crippen LogP contribution in [-0.4, -0.2) is 43.1 Å². The van der Waals surface area contributed by atoms with Crippen LogP contribution in [0.5, 0.6) is 5.75 Å². The number of carbonyl (C=O) groups excluding carboxylic acids is 2. The molecule has 2 atom stereocenters. The summed E-state index contributed by atoms with van der Waals surface area (Å²) in [5.41, 5.74) is 10.5. The Bertz CT molecular complexity index is 735. The maximum Gasteiger partial charge on any atom is 0.323 e. The zero-order valence-electron chi connectivity index (χ0n) is 11.9. The van der Waals surface area contributed by atoms with Gasteiger partial charge in [-0.1, -0.05) is 11.6 Å². The summed E-state index contributed by atoms with van der Waals surface area (Å²) in [7, 11) is -3.74. The molecule has 0 fully saturated rings. The Morgan fingerprint density at radius 3 is 2.39 bits per heavy atom. The zero-order chi connectivity index (χ0) is 17.9. The van der Waals surface area contributed by atoms with Gasteiger partial charge in [0.1, 0.15) is 16.7 Å². The Morgan fingerprint density at radius 1 is 1.39 bits per heavy atom. The number of aromatic hydroxyl groups is 1. The van der Waals surface area contributed by atoms with Gasteiger partial charge in [-0.25, -0.2) is 0 Å². The van der Waals surface area contributed by atoms with Crippen molar-refractivity contribution in [3.8, 4) is 5.75 Å². The fourth-order valence-corrected chi connectivity index (χ4v) is 2.95. The molecule has 0 aromatic heterocycles. The van der Waals surface area contributed by atoms with E-state index in [1.807, 2.05) is 0 Å². The maximum absolute atomic E-state index is 11.6. The van der Waals surface area contributed by atoms with Crippen molar-refractivity contribution in [1.29, 1.82) is 0 Å². The summed E-state index contributed by atoms with van der Waals surface area (Å²) in [6.45, 7) is 0. The van der Waals surface area contributed by atoms with Gasteiger partial charge in [-0.15, -0.1) is 0 Å². The predicted molar refractivity (Wildman–Crippen MR) is 79.5 cm³/mol. The molecule has 6 N–H and O–H groups in total. The molecular weight excluding hydrogens is 352 g/mol. The average Bonchev–Trinajstić information content (AvgIpc) is 2.44. The maximum atomic E-state index is 11.6. The third-order valence-corrected chi connectivity index (χ3v) is 4.16. The first kappa shape index (κ1) is 19.2. The van der Waals surface area contributed by atoms with Crippen molar-refractivity contribution in [2.45, 2.75) is 23.3 Å². The fourth-order valence-electron chi connectivity index (χ4n) is 2.02. The Hall–Kier alpha value is -1.88. The Balaban J connectivity index is 3.56. The van der Waals surface area contributed by atoms with Gasteiger partial charge in [0.25, 0.3) is 10.1 Å². The third kappa shape index (κ3) is 4.55. The SMILES string of the molecule is COC(=O)[C@@H](N)C(CC(N)=O)c1cc(Cl)cc(S(=O)(=O)O)c1O. The highest BCUT2D eigenvalue weighted by Gasteiger charge is 2.33. The van der Waals surface area contributed by atoms with E-state index in [0.29, 0.717) is 0 Å². The summed E-state index contributed by atoms with van der Waals surface area (Å²) in [5, 5.41) is 9.91. The number of esters is 1. The highest BCUT2D eigenvalue weighted by atomic mass is 35.5. The molecule has 1 aromatic rings. The normalized spacial score (nSPS) is 14.1. The van der Waals surface area contributed by atoms with Crippen molar-refractivity contribution in [2.75, 3.05) is 7.11 Å². The lowest BCUT2D eigenvalue weighted by Gasteiger charge is -2.23. The van der Waals surface area contributed by atoms with E-state index in [1.165, 1.54) is 0 Å².